The minimum atomic E-state index is -4.47. The molecule has 2 aromatic rings. The highest BCUT2D eigenvalue weighted by atomic mass is 19.4. The van der Waals surface area contributed by atoms with Crippen LogP contribution < -0.4 is 5.32 Å². The molecular weight excluding hydrogens is 470 g/mol. The highest BCUT2D eigenvalue weighted by Gasteiger charge is 2.51. The van der Waals surface area contributed by atoms with E-state index in [0.29, 0.717) is 5.56 Å². The summed E-state index contributed by atoms with van der Waals surface area (Å²) in [6.45, 7) is 3.07. The van der Waals surface area contributed by atoms with Crippen LogP contribution in [0.25, 0.3) is 0 Å². The van der Waals surface area contributed by atoms with Crippen LogP contribution in [0.4, 0.5) is 17.6 Å². The molecule has 10 heteroatoms. The summed E-state index contributed by atoms with van der Waals surface area (Å²) in [5.41, 5.74) is -1.81. The van der Waals surface area contributed by atoms with Crippen LogP contribution in [0.3, 0.4) is 0 Å². The van der Waals surface area contributed by atoms with Gasteiger partial charge >= 0.3 is 6.18 Å². The van der Waals surface area contributed by atoms with E-state index in [1.165, 1.54) is 30.3 Å². The second-order valence-corrected chi connectivity index (χ2v) is 9.01. The number of aliphatic hydroxyl groups excluding tert-OH is 2. The number of hydrogen-bond donors (Lipinski definition) is 3. The topological polar surface area (TPSA) is 88.0 Å². The molecule has 0 aromatic heterocycles. The van der Waals surface area contributed by atoms with Crippen LogP contribution in [0.2, 0.25) is 0 Å². The number of alkyl halides is 3. The number of halogens is 4. The Hall–Kier alpha value is -2.53. The zero-order chi connectivity index (χ0) is 25.8. The van der Waals surface area contributed by atoms with Crippen molar-refractivity contribution < 1.29 is 42.0 Å². The van der Waals surface area contributed by atoms with E-state index in [-0.39, 0.29) is 37.7 Å². The normalized spacial score (nSPS) is 25.0. The summed E-state index contributed by atoms with van der Waals surface area (Å²) >= 11 is 0. The van der Waals surface area contributed by atoms with Gasteiger partial charge in [0.2, 0.25) is 0 Å². The number of nitrogens with one attached hydrogen (secondary N) is 1. The van der Waals surface area contributed by atoms with E-state index in [4.69, 9.17) is 9.47 Å². The van der Waals surface area contributed by atoms with Gasteiger partial charge in [-0.25, -0.2) is 4.39 Å². The molecule has 2 aromatic carbocycles. The van der Waals surface area contributed by atoms with E-state index in [0.717, 1.165) is 12.1 Å². The Morgan fingerprint density at radius 1 is 1.09 bits per heavy atom. The molecule has 1 amide bonds. The van der Waals surface area contributed by atoms with E-state index in [2.05, 4.69) is 5.32 Å². The summed E-state index contributed by atoms with van der Waals surface area (Å²) in [6.07, 6.45) is -8.69. The maximum atomic E-state index is 14.1. The van der Waals surface area contributed by atoms with Crippen molar-refractivity contribution in [3.05, 3.63) is 71.0 Å². The number of ether oxygens (including phenoxy) is 2. The summed E-state index contributed by atoms with van der Waals surface area (Å²) in [7, 11) is 0. The van der Waals surface area contributed by atoms with Gasteiger partial charge in [0.25, 0.3) is 5.91 Å². The van der Waals surface area contributed by atoms with Gasteiger partial charge < -0.3 is 25.0 Å². The Morgan fingerprint density at radius 3 is 2.34 bits per heavy atom. The first-order valence-corrected chi connectivity index (χ1v) is 11.2. The van der Waals surface area contributed by atoms with Crippen LogP contribution in [-0.4, -0.2) is 46.1 Å². The van der Waals surface area contributed by atoms with Gasteiger partial charge in [0, 0.05) is 24.4 Å². The summed E-state index contributed by atoms with van der Waals surface area (Å²) in [5.74, 6) is -1.06. The van der Waals surface area contributed by atoms with Crippen LogP contribution >= 0.6 is 0 Å². The van der Waals surface area contributed by atoms with Crippen LogP contribution in [-0.2, 0) is 33.7 Å². The van der Waals surface area contributed by atoms with Gasteiger partial charge in [-0.1, -0.05) is 30.3 Å². The standard InChI is InChI=1S/C25H29F4NO5/c1-15(2)30-23(33)24(35-14-17-5-3-4-6-19(17)26)11-20(31)22(32)21(12-24)34-13-16-7-9-18(10-8-16)25(27,28)29/h3-10,15,20-22,31-32H,11-14H2,1-2H3,(H,30,33)/t20-,21?,22-,24+/m1/s1. The van der Waals surface area contributed by atoms with Gasteiger partial charge in [-0.05, 0) is 37.6 Å². The Kier molecular flexibility index (Phi) is 8.53. The molecule has 6 nitrogen and oxygen atoms in total. The molecule has 0 heterocycles. The van der Waals surface area contributed by atoms with E-state index in [9.17, 15) is 32.6 Å². The van der Waals surface area contributed by atoms with Crippen molar-refractivity contribution in [3.63, 3.8) is 0 Å². The number of amides is 1. The molecule has 1 unspecified atom stereocenters. The molecule has 0 bridgehead atoms. The monoisotopic (exact) mass is 499 g/mol. The fraction of sp³-hybridized carbons (Fsp3) is 0.480. The lowest BCUT2D eigenvalue weighted by atomic mass is 9.78. The van der Waals surface area contributed by atoms with Crippen molar-refractivity contribution in [1.29, 1.82) is 0 Å². The maximum Gasteiger partial charge on any atom is 0.416 e. The van der Waals surface area contributed by atoms with Crippen LogP contribution in [0.1, 0.15) is 43.4 Å². The quantitative estimate of drug-likeness (QED) is 0.482. The molecule has 0 saturated heterocycles. The lowest BCUT2D eigenvalue weighted by Crippen LogP contribution is -2.61. The average molecular weight is 500 g/mol. The average Bonchev–Trinajstić information content (AvgIpc) is 2.79. The van der Waals surface area contributed by atoms with Crippen LogP contribution in [0.15, 0.2) is 48.5 Å². The second-order valence-electron chi connectivity index (χ2n) is 9.01. The van der Waals surface area contributed by atoms with E-state index >= 15 is 0 Å². The fourth-order valence-corrected chi connectivity index (χ4v) is 3.98. The molecule has 1 aliphatic rings. The second kappa shape index (κ2) is 11.0. The SMILES string of the molecule is CC(C)NC(=O)[C@@]1(OCc2ccccc2F)CC(OCc2ccc(C(F)(F)F)cc2)[C@H](O)[C@H](O)C1. The fourth-order valence-electron chi connectivity index (χ4n) is 3.98. The largest absolute Gasteiger partial charge is 0.416 e. The molecule has 0 aliphatic heterocycles. The summed E-state index contributed by atoms with van der Waals surface area (Å²) in [4.78, 5) is 13.2. The third kappa shape index (κ3) is 6.78. The van der Waals surface area contributed by atoms with Crippen molar-refractivity contribution in [2.45, 2.75) is 76.0 Å². The smallest absolute Gasteiger partial charge is 0.390 e. The Balaban J connectivity index is 1.79. The van der Waals surface area contributed by atoms with E-state index in [1.807, 2.05) is 0 Å². The minimum Gasteiger partial charge on any atom is -0.390 e. The zero-order valence-electron chi connectivity index (χ0n) is 19.4. The first kappa shape index (κ1) is 27.1. The lowest BCUT2D eigenvalue weighted by Gasteiger charge is -2.44. The predicted molar refractivity (Wildman–Crippen MR) is 118 cm³/mol. The molecule has 192 valence electrons. The highest BCUT2D eigenvalue weighted by Crippen LogP contribution is 2.36. The summed E-state index contributed by atoms with van der Waals surface area (Å²) < 4.78 is 64.2. The molecule has 4 atom stereocenters. The number of hydrogen-bond acceptors (Lipinski definition) is 5. The molecule has 1 saturated carbocycles. The Bertz CT molecular complexity index is 998. The zero-order valence-corrected chi connectivity index (χ0v) is 19.4. The van der Waals surface area contributed by atoms with Crippen molar-refractivity contribution in [3.8, 4) is 0 Å². The number of benzene rings is 2. The van der Waals surface area contributed by atoms with Gasteiger partial charge in [-0.2, -0.15) is 13.2 Å². The number of aliphatic hydroxyl groups is 2. The van der Waals surface area contributed by atoms with Crippen molar-refractivity contribution >= 4 is 5.91 Å². The number of carbonyl (C=O) groups excluding carboxylic acids is 1. The van der Waals surface area contributed by atoms with E-state index < -0.39 is 47.4 Å². The Labute approximate surface area is 200 Å². The van der Waals surface area contributed by atoms with Crippen molar-refractivity contribution in [2.24, 2.45) is 0 Å². The predicted octanol–water partition coefficient (Wildman–Crippen LogP) is 3.73. The molecule has 0 spiro atoms. The van der Waals surface area contributed by atoms with Crippen molar-refractivity contribution in [1.82, 2.24) is 5.32 Å². The first-order chi connectivity index (χ1) is 16.4. The molecule has 1 aliphatic carbocycles. The van der Waals surface area contributed by atoms with Crippen LogP contribution in [0.5, 0.6) is 0 Å². The third-order valence-corrected chi connectivity index (χ3v) is 5.89. The summed E-state index contributed by atoms with van der Waals surface area (Å²) in [6, 6.07) is 10.00. The lowest BCUT2D eigenvalue weighted by molar-refractivity contribution is -0.200. The Morgan fingerprint density at radius 2 is 1.74 bits per heavy atom. The molecule has 0 radical (unpaired) electrons. The van der Waals surface area contributed by atoms with Crippen molar-refractivity contribution in [2.75, 3.05) is 0 Å². The molecule has 3 rings (SSSR count). The number of carbonyl (C=O) groups is 1. The van der Waals surface area contributed by atoms with Gasteiger partial charge in [0.05, 0.1) is 31.0 Å². The number of rotatable bonds is 8. The van der Waals surface area contributed by atoms with Gasteiger partial charge in [0.15, 0.2) is 5.60 Å². The molecule has 35 heavy (non-hydrogen) atoms. The highest BCUT2D eigenvalue weighted by molar-refractivity contribution is 5.85. The third-order valence-electron chi connectivity index (χ3n) is 5.89. The van der Waals surface area contributed by atoms with Gasteiger partial charge in [-0.15, -0.1) is 0 Å². The molecule has 3 N–H and O–H groups in total. The van der Waals surface area contributed by atoms with Crippen LogP contribution in [0, 0.1) is 5.82 Å². The molecular formula is C25H29F4NO5. The summed E-state index contributed by atoms with van der Waals surface area (Å²) in [5, 5.41) is 23.8. The first-order valence-electron chi connectivity index (χ1n) is 11.2. The van der Waals surface area contributed by atoms with E-state index in [1.54, 1.807) is 19.9 Å². The minimum absolute atomic E-state index is 0.154. The van der Waals surface area contributed by atoms with Gasteiger partial charge in [0.1, 0.15) is 11.9 Å². The maximum absolute atomic E-state index is 14.1. The van der Waals surface area contributed by atoms with Gasteiger partial charge in [-0.3, -0.25) is 4.79 Å². The molecule has 1 fully saturated rings.